The van der Waals surface area contributed by atoms with Gasteiger partial charge in [0.15, 0.2) is 0 Å². The summed E-state index contributed by atoms with van der Waals surface area (Å²) in [7, 11) is 0. The van der Waals surface area contributed by atoms with E-state index in [1.165, 1.54) is 12.1 Å². The van der Waals surface area contributed by atoms with E-state index in [1.807, 2.05) is 25.1 Å². The number of hydrogen-bond donors (Lipinski definition) is 1. The lowest BCUT2D eigenvalue weighted by atomic mass is 9.94. The summed E-state index contributed by atoms with van der Waals surface area (Å²) in [4.78, 5) is 0. The Morgan fingerprint density at radius 2 is 2.00 bits per heavy atom. The summed E-state index contributed by atoms with van der Waals surface area (Å²) in [5, 5.41) is 10.7. The van der Waals surface area contributed by atoms with Crippen molar-refractivity contribution < 1.29 is 14.2 Å². The number of fused-ring (bicyclic) bond motifs is 1. The van der Waals surface area contributed by atoms with Crippen molar-refractivity contribution in [1.82, 2.24) is 0 Å². The fourth-order valence-corrected chi connectivity index (χ4v) is 2.70. The van der Waals surface area contributed by atoms with Crippen LogP contribution in [0.15, 0.2) is 36.4 Å². The first-order valence-electron chi connectivity index (χ1n) is 6.45. The van der Waals surface area contributed by atoms with Crippen LogP contribution in [0.25, 0.3) is 0 Å². The summed E-state index contributed by atoms with van der Waals surface area (Å²) in [6.07, 6.45) is -0.880. The van der Waals surface area contributed by atoms with Gasteiger partial charge in [-0.1, -0.05) is 23.2 Å². The fourth-order valence-electron chi connectivity index (χ4n) is 2.52. The van der Waals surface area contributed by atoms with Gasteiger partial charge in [-0.3, -0.25) is 0 Å². The van der Waals surface area contributed by atoms with E-state index >= 15 is 0 Å². The van der Waals surface area contributed by atoms with Gasteiger partial charge in [0.05, 0.1) is 6.10 Å². The van der Waals surface area contributed by atoms with Crippen LogP contribution < -0.4 is 4.74 Å². The quantitative estimate of drug-likeness (QED) is 0.847. The molecular formula is C16H14ClFO2. The second-order valence-corrected chi connectivity index (χ2v) is 5.50. The Kier molecular flexibility index (Phi) is 3.40. The number of halogens is 2. The Balaban J connectivity index is 1.99. The van der Waals surface area contributed by atoms with Crippen molar-refractivity contribution in [3.8, 4) is 5.75 Å². The summed E-state index contributed by atoms with van der Waals surface area (Å²) in [6.45, 7) is 1.95. The molecule has 104 valence electrons. The topological polar surface area (TPSA) is 29.5 Å². The third kappa shape index (κ3) is 2.39. The largest absolute Gasteiger partial charge is 0.485 e. The van der Waals surface area contributed by atoms with Crippen LogP contribution in [-0.2, 0) is 0 Å². The number of rotatable bonds is 1. The molecule has 0 aromatic heterocycles. The molecule has 1 heterocycles. The molecule has 2 aromatic carbocycles. The molecule has 1 N–H and O–H groups in total. The van der Waals surface area contributed by atoms with Crippen LogP contribution in [-0.4, -0.2) is 5.11 Å². The molecule has 0 radical (unpaired) electrons. The monoisotopic (exact) mass is 292 g/mol. The fraction of sp³-hybridized carbons (Fsp3) is 0.250. The highest BCUT2D eigenvalue weighted by molar-refractivity contribution is 6.30. The van der Waals surface area contributed by atoms with E-state index in [2.05, 4.69) is 0 Å². The van der Waals surface area contributed by atoms with Crippen LogP contribution in [0.3, 0.4) is 0 Å². The first-order valence-corrected chi connectivity index (χ1v) is 6.82. The van der Waals surface area contributed by atoms with Gasteiger partial charge in [-0.15, -0.1) is 0 Å². The highest BCUT2D eigenvalue weighted by Crippen LogP contribution is 2.42. The van der Waals surface area contributed by atoms with Crippen molar-refractivity contribution in [1.29, 1.82) is 0 Å². The van der Waals surface area contributed by atoms with E-state index in [1.54, 1.807) is 6.07 Å². The van der Waals surface area contributed by atoms with Crippen molar-refractivity contribution in [2.24, 2.45) is 0 Å². The average molecular weight is 293 g/mol. The van der Waals surface area contributed by atoms with Crippen LogP contribution in [0.4, 0.5) is 4.39 Å². The molecule has 0 aliphatic carbocycles. The second kappa shape index (κ2) is 5.08. The van der Waals surface area contributed by atoms with E-state index in [9.17, 15) is 9.50 Å². The molecule has 1 aliphatic rings. The molecule has 2 atom stereocenters. The van der Waals surface area contributed by atoms with Gasteiger partial charge in [0, 0.05) is 22.6 Å². The third-order valence-electron chi connectivity index (χ3n) is 3.54. The predicted octanol–water partition coefficient (Wildman–Crippen LogP) is 4.34. The van der Waals surface area contributed by atoms with Crippen LogP contribution >= 0.6 is 11.6 Å². The van der Waals surface area contributed by atoms with Crippen molar-refractivity contribution in [2.75, 3.05) is 0 Å². The average Bonchev–Trinajstić information content (AvgIpc) is 2.42. The molecule has 0 amide bonds. The highest BCUT2D eigenvalue weighted by atomic mass is 35.5. The zero-order valence-corrected chi connectivity index (χ0v) is 11.7. The predicted molar refractivity (Wildman–Crippen MR) is 75.5 cm³/mol. The Labute approximate surface area is 121 Å². The molecule has 2 aromatic rings. The first-order chi connectivity index (χ1) is 9.54. The first kappa shape index (κ1) is 13.4. The Morgan fingerprint density at radius 3 is 2.80 bits per heavy atom. The maximum atomic E-state index is 13.9. The maximum absolute atomic E-state index is 13.9. The number of benzene rings is 2. The van der Waals surface area contributed by atoms with Crippen molar-refractivity contribution in [3.05, 3.63) is 63.9 Å². The van der Waals surface area contributed by atoms with Gasteiger partial charge >= 0.3 is 0 Å². The van der Waals surface area contributed by atoms with Crippen LogP contribution in [0, 0.1) is 12.7 Å². The normalized spacial score (nSPS) is 21.2. The molecule has 3 rings (SSSR count). The summed E-state index contributed by atoms with van der Waals surface area (Å²) < 4.78 is 19.7. The van der Waals surface area contributed by atoms with Crippen molar-refractivity contribution >= 4 is 11.6 Å². The Morgan fingerprint density at radius 1 is 1.20 bits per heavy atom. The van der Waals surface area contributed by atoms with E-state index in [4.69, 9.17) is 16.3 Å². The minimum absolute atomic E-state index is 0.313. The number of aliphatic hydroxyl groups is 1. The van der Waals surface area contributed by atoms with Gasteiger partial charge in [0.2, 0.25) is 0 Å². The summed E-state index contributed by atoms with van der Waals surface area (Å²) in [5.74, 6) is 0.223. The van der Waals surface area contributed by atoms with Crippen LogP contribution in [0.1, 0.15) is 35.3 Å². The number of aliphatic hydroxyl groups excluding tert-OH is 1. The zero-order chi connectivity index (χ0) is 14.3. The molecular weight excluding hydrogens is 279 g/mol. The lowest BCUT2D eigenvalue weighted by Gasteiger charge is -2.30. The van der Waals surface area contributed by atoms with E-state index < -0.39 is 12.2 Å². The SMILES string of the molecule is Cc1ccc2c(c1)[C@@H](O)CC(c1cc(Cl)ccc1F)O2. The van der Waals surface area contributed by atoms with Gasteiger partial charge in [0.25, 0.3) is 0 Å². The lowest BCUT2D eigenvalue weighted by molar-refractivity contribution is 0.0639. The molecule has 1 unspecified atom stereocenters. The lowest BCUT2D eigenvalue weighted by Crippen LogP contribution is -2.20. The molecule has 2 nitrogen and oxygen atoms in total. The van der Waals surface area contributed by atoms with E-state index in [0.717, 1.165) is 11.1 Å². The summed E-state index contributed by atoms with van der Waals surface area (Å²) in [6, 6.07) is 9.97. The van der Waals surface area contributed by atoms with E-state index in [-0.39, 0.29) is 5.82 Å². The van der Waals surface area contributed by atoms with Gasteiger partial charge < -0.3 is 9.84 Å². The van der Waals surface area contributed by atoms with Crippen molar-refractivity contribution in [2.45, 2.75) is 25.6 Å². The van der Waals surface area contributed by atoms with Gasteiger partial charge in [0.1, 0.15) is 17.7 Å². The minimum atomic E-state index is -0.665. The molecule has 0 saturated heterocycles. The second-order valence-electron chi connectivity index (χ2n) is 5.07. The number of hydrogen-bond acceptors (Lipinski definition) is 2. The summed E-state index contributed by atoms with van der Waals surface area (Å²) >= 11 is 5.91. The van der Waals surface area contributed by atoms with E-state index in [0.29, 0.717) is 22.8 Å². The highest BCUT2D eigenvalue weighted by Gasteiger charge is 2.29. The van der Waals surface area contributed by atoms with Gasteiger partial charge in [-0.2, -0.15) is 0 Å². The maximum Gasteiger partial charge on any atom is 0.130 e. The molecule has 20 heavy (non-hydrogen) atoms. The van der Waals surface area contributed by atoms with Gasteiger partial charge in [-0.05, 0) is 37.3 Å². The Bertz CT molecular complexity index is 657. The molecule has 0 bridgehead atoms. The number of aryl methyl sites for hydroxylation is 1. The standard InChI is InChI=1S/C16H14ClFO2/c1-9-2-5-15-12(6-9)14(19)8-16(20-15)11-7-10(17)3-4-13(11)18/h2-7,14,16,19H,8H2,1H3/t14-,16?/m0/s1. The minimum Gasteiger partial charge on any atom is -0.485 e. The van der Waals surface area contributed by atoms with Crippen LogP contribution in [0.5, 0.6) is 5.75 Å². The molecule has 0 fully saturated rings. The van der Waals surface area contributed by atoms with Gasteiger partial charge in [-0.25, -0.2) is 4.39 Å². The molecule has 0 spiro atoms. The Hall–Kier alpha value is -1.58. The van der Waals surface area contributed by atoms with Crippen molar-refractivity contribution in [3.63, 3.8) is 0 Å². The molecule has 0 saturated carbocycles. The smallest absolute Gasteiger partial charge is 0.130 e. The zero-order valence-electron chi connectivity index (χ0n) is 10.9. The molecule has 4 heteroatoms. The number of ether oxygens (including phenoxy) is 1. The third-order valence-corrected chi connectivity index (χ3v) is 3.77. The van der Waals surface area contributed by atoms with Crippen LogP contribution in [0.2, 0.25) is 5.02 Å². The summed E-state index contributed by atoms with van der Waals surface area (Å²) in [5.41, 5.74) is 2.19. The molecule has 1 aliphatic heterocycles.